The van der Waals surface area contributed by atoms with Crippen LogP contribution in [0.2, 0.25) is 0 Å². The summed E-state index contributed by atoms with van der Waals surface area (Å²) in [5.41, 5.74) is 0.499. The van der Waals surface area contributed by atoms with Gasteiger partial charge in [0.05, 0.1) is 33.5 Å². The van der Waals surface area contributed by atoms with Crippen molar-refractivity contribution in [3.05, 3.63) is 17.7 Å². The van der Waals surface area contributed by atoms with Gasteiger partial charge >= 0.3 is 0 Å². The number of likely N-dealkylation sites (tertiary alicyclic amines) is 1. The Kier molecular flexibility index (Phi) is 7.33. The molecule has 0 aliphatic carbocycles. The minimum atomic E-state index is -0.579. The maximum Gasteiger partial charge on any atom is 0.223 e. The largest absolute Gasteiger partial charge is 0.493 e. The number of carbonyl (C=O) groups excluding carboxylic acids is 1. The van der Waals surface area contributed by atoms with Gasteiger partial charge < -0.3 is 24.6 Å². The van der Waals surface area contributed by atoms with Gasteiger partial charge in [-0.3, -0.25) is 9.69 Å². The van der Waals surface area contributed by atoms with Crippen LogP contribution in [-0.4, -0.2) is 62.5 Å². The topological polar surface area (TPSA) is 80.3 Å². The number of ether oxygens (including phenoxy) is 3. The molecule has 1 saturated heterocycles. The highest BCUT2D eigenvalue weighted by atomic mass is 16.5. The number of amides is 1. The van der Waals surface area contributed by atoms with Gasteiger partial charge in [0.1, 0.15) is 0 Å². The molecule has 1 amide bonds. The van der Waals surface area contributed by atoms with Crippen LogP contribution in [0.3, 0.4) is 0 Å². The monoisotopic (exact) mass is 380 g/mol. The molecule has 152 valence electrons. The number of hydrogen-bond acceptors (Lipinski definition) is 6. The van der Waals surface area contributed by atoms with Gasteiger partial charge in [-0.05, 0) is 57.5 Å². The number of carbonyl (C=O) groups is 1. The fourth-order valence-corrected chi connectivity index (χ4v) is 3.31. The van der Waals surface area contributed by atoms with Crippen LogP contribution in [0, 0.1) is 5.92 Å². The Morgan fingerprint density at radius 1 is 1.15 bits per heavy atom. The molecule has 0 saturated carbocycles. The lowest BCUT2D eigenvalue weighted by Crippen LogP contribution is -2.50. The van der Waals surface area contributed by atoms with Crippen molar-refractivity contribution in [2.45, 2.75) is 38.8 Å². The van der Waals surface area contributed by atoms with Crippen molar-refractivity contribution in [1.29, 1.82) is 0 Å². The second-order valence-corrected chi connectivity index (χ2v) is 7.62. The smallest absolute Gasteiger partial charge is 0.223 e. The highest BCUT2D eigenvalue weighted by Gasteiger charge is 2.29. The summed E-state index contributed by atoms with van der Waals surface area (Å²) < 4.78 is 16.2. The Morgan fingerprint density at radius 2 is 1.70 bits per heavy atom. The van der Waals surface area contributed by atoms with Gasteiger partial charge in [-0.25, -0.2) is 0 Å². The van der Waals surface area contributed by atoms with Crippen molar-refractivity contribution in [2.24, 2.45) is 5.92 Å². The van der Waals surface area contributed by atoms with Gasteiger partial charge in [0.15, 0.2) is 11.5 Å². The lowest BCUT2D eigenvalue weighted by molar-refractivity contribution is -0.128. The number of methoxy groups -OCH3 is 3. The van der Waals surface area contributed by atoms with E-state index in [1.54, 1.807) is 21.3 Å². The highest BCUT2D eigenvalue weighted by Crippen LogP contribution is 2.38. The predicted molar refractivity (Wildman–Crippen MR) is 103 cm³/mol. The maximum atomic E-state index is 12.4. The normalized spacial score (nSPS) is 16.1. The van der Waals surface area contributed by atoms with Crippen molar-refractivity contribution < 1.29 is 24.1 Å². The number of hydrogen-bond donors (Lipinski definition) is 2. The highest BCUT2D eigenvalue weighted by molar-refractivity contribution is 5.79. The van der Waals surface area contributed by atoms with Crippen molar-refractivity contribution >= 4 is 5.91 Å². The molecular formula is C20H32N2O5. The number of aliphatic hydroxyl groups is 1. The molecule has 1 heterocycles. The number of nitrogens with one attached hydrogen (secondary N) is 1. The molecule has 1 aliphatic rings. The van der Waals surface area contributed by atoms with Crippen molar-refractivity contribution in [2.75, 3.05) is 41.0 Å². The summed E-state index contributed by atoms with van der Waals surface area (Å²) in [6, 6.07) is 3.92. The lowest BCUT2D eigenvalue weighted by Gasteiger charge is -2.33. The first-order valence-electron chi connectivity index (χ1n) is 9.27. The molecule has 0 atom stereocenters. The maximum absolute atomic E-state index is 12.4. The van der Waals surface area contributed by atoms with Crippen LogP contribution in [0.25, 0.3) is 0 Å². The first-order chi connectivity index (χ1) is 12.8. The van der Waals surface area contributed by atoms with E-state index in [2.05, 4.69) is 10.2 Å². The predicted octanol–water partition coefficient (Wildman–Crippen LogP) is 1.81. The third-order valence-electron chi connectivity index (χ3n) is 4.95. The molecule has 0 aromatic heterocycles. The standard InChI is InChI=1S/C20H32N2O5/c1-20(2,13-23)21-19(24)15-6-8-22(9-7-15)12-14-10-16(25-3)18(27-5)17(11-14)26-4/h10-11,15,23H,6-9,12-13H2,1-5H3,(H,21,24). The molecule has 27 heavy (non-hydrogen) atoms. The van der Waals surface area contributed by atoms with Crippen LogP contribution in [0.15, 0.2) is 12.1 Å². The fraction of sp³-hybridized carbons (Fsp3) is 0.650. The molecule has 1 aliphatic heterocycles. The van der Waals surface area contributed by atoms with E-state index in [4.69, 9.17) is 14.2 Å². The van der Waals surface area contributed by atoms with Crippen LogP contribution < -0.4 is 19.5 Å². The molecule has 1 aromatic rings. The summed E-state index contributed by atoms with van der Waals surface area (Å²) in [6.07, 6.45) is 1.61. The molecule has 0 unspecified atom stereocenters. The molecule has 1 fully saturated rings. The summed E-state index contributed by atoms with van der Waals surface area (Å²) in [6.45, 7) is 6.02. The molecule has 0 radical (unpaired) electrons. The number of nitrogens with zero attached hydrogens (tertiary/aromatic N) is 1. The van der Waals surface area contributed by atoms with Crippen LogP contribution in [0.5, 0.6) is 17.2 Å². The van der Waals surface area contributed by atoms with Gasteiger partial charge in [-0.15, -0.1) is 0 Å². The Hall–Kier alpha value is -1.99. The summed E-state index contributed by atoms with van der Waals surface area (Å²) in [4.78, 5) is 14.7. The summed E-state index contributed by atoms with van der Waals surface area (Å²) in [7, 11) is 4.81. The second-order valence-electron chi connectivity index (χ2n) is 7.62. The molecule has 0 bridgehead atoms. The molecule has 7 heteroatoms. The lowest BCUT2D eigenvalue weighted by atomic mass is 9.94. The van der Waals surface area contributed by atoms with E-state index >= 15 is 0 Å². The van der Waals surface area contributed by atoms with Crippen molar-refractivity contribution in [3.8, 4) is 17.2 Å². The average Bonchev–Trinajstić information content (AvgIpc) is 2.67. The Labute approximate surface area is 161 Å². The Balaban J connectivity index is 1.97. The van der Waals surface area contributed by atoms with Crippen LogP contribution in [0.1, 0.15) is 32.3 Å². The number of piperidine rings is 1. The average molecular weight is 380 g/mol. The van der Waals surface area contributed by atoms with Gasteiger partial charge in [0, 0.05) is 12.5 Å². The molecule has 2 N–H and O–H groups in total. The number of aliphatic hydroxyl groups excluding tert-OH is 1. The summed E-state index contributed by atoms with van der Waals surface area (Å²) in [5.74, 6) is 1.90. The molecule has 1 aromatic carbocycles. The molecule has 2 rings (SSSR count). The zero-order chi connectivity index (χ0) is 20.0. The van der Waals surface area contributed by atoms with E-state index < -0.39 is 5.54 Å². The van der Waals surface area contributed by atoms with E-state index in [0.717, 1.165) is 38.0 Å². The first-order valence-corrected chi connectivity index (χ1v) is 9.27. The minimum absolute atomic E-state index is 0.00739. The summed E-state index contributed by atoms with van der Waals surface area (Å²) in [5, 5.41) is 12.2. The zero-order valence-corrected chi connectivity index (χ0v) is 17.0. The first kappa shape index (κ1) is 21.3. The van der Waals surface area contributed by atoms with Crippen LogP contribution in [-0.2, 0) is 11.3 Å². The number of benzene rings is 1. The van der Waals surface area contributed by atoms with Gasteiger partial charge in [-0.2, -0.15) is 0 Å². The van der Waals surface area contributed by atoms with Gasteiger partial charge in [0.25, 0.3) is 0 Å². The van der Waals surface area contributed by atoms with Gasteiger partial charge in [-0.1, -0.05) is 0 Å². The third kappa shape index (κ3) is 5.49. The molecule has 7 nitrogen and oxygen atoms in total. The van der Waals surface area contributed by atoms with Gasteiger partial charge in [0.2, 0.25) is 11.7 Å². The fourth-order valence-electron chi connectivity index (χ4n) is 3.31. The van der Waals surface area contributed by atoms with E-state index in [9.17, 15) is 9.90 Å². The minimum Gasteiger partial charge on any atom is -0.493 e. The molecule has 0 spiro atoms. The quantitative estimate of drug-likeness (QED) is 0.716. The van der Waals surface area contributed by atoms with Crippen LogP contribution >= 0.6 is 0 Å². The van der Waals surface area contributed by atoms with Crippen molar-refractivity contribution in [3.63, 3.8) is 0 Å². The Morgan fingerprint density at radius 3 is 2.15 bits per heavy atom. The zero-order valence-electron chi connectivity index (χ0n) is 17.0. The van der Waals surface area contributed by atoms with E-state index in [1.165, 1.54) is 0 Å². The number of rotatable bonds is 8. The van der Waals surface area contributed by atoms with E-state index in [-0.39, 0.29) is 18.4 Å². The summed E-state index contributed by atoms with van der Waals surface area (Å²) >= 11 is 0. The van der Waals surface area contributed by atoms with E-state index in [0.29, 0.717) is 17.2 Å². The van der Waals surface area contributed by atoms with E-state index in [1.807, 2.05) is 26.0 Å². The van der Waals surface area contributed by atoms with Crippen LogP contribution in [0.4, 0.5) is 0 Å². The Bertz CT molecular complexity index is 614. The SMILES string of the molecule is COc1cc(CN2CCC(C(=O)NC(C)(C)CO)CC2)cc(OC)c1OC. The third-order valence-corrected chi connectivity index (χ3v) is 4.95. The second kappa shape index (κ2) is 9.28. The van der Waals surface area contributed by atoms with Crippen molar-refractivity contribution in [1.82, 2.24) is 10.2 Å². The molecular weight excluding hydrogens is 348 g/mol.